The zero-order chi connectivity index (χ0) is 15.4. The van der Waals surface area contributed by atoms with E-state index < -0.39 is 0 Å². The quantitative estimate of drug-likeness (QED) is 0.854. The van der Waals surface area contributed by atoms with Crippen LogP contribution in [0.2, 0.25) is 0 Å². The SMILES string of the molecule is Cc1ccc(C(C)NC(=O)c2cc(C)c(C#CCN)s2)s1. The molecular weight excluding hydrogens is 300 g/mol. The van der Waals surface area contributed by atoms with Crippen LogP contribution in [0.4, 0.5) is 0 Å². The zero-order valence-electron chi connectivity index (χ0n) is 12.3. The molecule has 0 saturated carbocycles. The van der Waals surface area contributed by atoms with Gasteiger partial charge in [0.2, 0.25) is 0 Å². The summed E-state index contributed by atoms with van der Waals surface area (Å²) in [6.07, 6.45) is 0. The van der Waals surface area contributed by atoms with Crippen LogP contribution in [-0.2, 0) is 0 Å². The van der Waals surface area contributed by atoms with Gasteiger partial charge in [0, 0.05) is 9.75 Å². The Hall–Kier alpha value is -1.61. The maximum absolute atomic E-state index is 12.3. The molecule has 2 heterocycles. The third-order valence-corrected chi connectivity index (χ3v) is 5.32. The fourth-order valence-electron chi connectivity index (χ4n) is 1.87. The third-order valence-electron chi connectivity index (χ3n) is 2.98. The number of amides is 1. The van der Waals surface area contributed by atoms with Crippen molar-refractivity contribution < 1.29 is 4.79 Å². The maximum atomic E-state index is 12.3. The predicted molar refractivity (Wildman–Crippen MR) is 89.9 cm³/mol. The molecule has 3 nitrogen and oxygen atoms in total. The number of carbonyl (C=O) groups excluding carboxylic acids is 1. The molecule has 0 aliphatic carbocycles. The van der Waals surface area contributed by atoms with Gasteiger partial charge in [0.1, 0.15) is 0 Å². The van der Waals surface area contributed by atoms with Gasteiger partial charge in [-0.05, 0) is 44.5 Å². The van der Waals surface area contributed by atoms with Gasteiger partial charge < -0.3 is 11.1 Å². The summed E-state index contributed by atoms with van der Waals surface area (Å²) in [4.78, 5) is 16.3. The first-order valence-electron chi connectivity index (χ1n) is 6.68. The topological polar surface area (TPSA) is 55.1 Å². The molecule has 2 aromatic heterocycles. The lowest BCUT2D eigenvalue weighted by atomic mass is 10.2. The van der Waals surface area contributed by atoms with Crippen LogP contribution in [0.25, 0.3) is 0 Å². The van der Waals surface area contributed by atoms with E-state index in [1.165, 1.54) is 16.2 Å². The summed E-state index contributed by atoms with van der Waals surface area (Å²) in [5, 5.41) is 3.03. The first-order chi connectivity index (χ1) is 10.0. The number of hydrogen-bond acceptors (Lipinski definition) is 4. The van der Waals surface area contributed by atoms with Gasteiger partial charge in [-0.25, -0.2) is 0 Å². The first-order valence-corrected chi connectivity index (χ1v) is 8.31. The molecule has 1 amide bonds. The van der Waals surface area contributed by atoms with E-state index in [-0.39, 0.29) is 11.9 Å². The fourth-order valence-corrected chi connectivity index (χ4v) is 3.70. The van der Waals surface area contributed by atoms with Crippen LogP contribution < -0.4 is 11.1 Å². The van der Waals surface area contributed by atoms with Crippen molar-refractivity contribution in [3.05, 3.63) is 43.3 Å². The van der Waals surface area contributed by atoms with Crippen molar-refractivity contribution in [2.75, 3.05) is 6.54 Å². The largest absolute Gasteiger partial charge is 0.344 e. The van der Waals surface area contributed by atoms with E-state index >= 15 is 0 Å². The van der Waals surface area contributed by atoms with Crippen LogP contribution >= 0.6 is 22.7 Å². The fraction of sp³-hybridized carbons (Fsp3) is 0.312. The van der Waals surface area contributed by atoms with Gasteiger partial charge in [-0.2, -0.15) is 0 Å². The monoisotopic (exact) mass is 318 g/mol. The number of aryl methyl sites for hydroxylation is 2. The minimum absolute atomic E-state index is 0.0113. The average molecular weight is 318 g/mol. The summed E-state index contributed by atoms with van der Waals surface area (Å²) < 4.78 is 0. The minimum Gasteiger partial charge on any atom is -0.344 e. The van der Waals surface area contributed by atoms with Crippen molar-refractivity contribution in [1.82, 2.24) is 5.32 Å². The van der Waals surface area contributed by atoms with E-state index in [9.17, 15) is 4.79 Å². The standard InChI is InChI=1S/C16H18N2OS2/c1-10-9-15(21-13(10)5-4-8-17)16(19)18-12(3)14-7-6-11(2)20-14/h6-7,9,12H,8,17H2,1-3H3,(H,18,19). The van der Waals surface area contributed by atoms with Gasteiger partial charge in [0.25, 0.3) is 5.91 Å². The lowest BCUT2D eigenvalue weighted by Gasteiger charge is -2.11. The Morgan fingerprint density at radius 1 is 1.38 bits per heavy atom. The molecule has 0 fully saturated rings. The Morgan fingerprint density at radius 3 is 2.76 bits per heavy atom. The molecule has 0 saturated heterocycles. The first kappa shape index (κ1) is 15.8. The van der Waals surface area contributed by atoms with Crippen LogP contribution in [0.1, 0.15) is 42.8 Å². The Bertz CT molecular complexity index is 703. The summed E-state index contributed by atoms with van der Waals surface area (Å²) in [6.45, 7) is 6.35. The molecule has 1 unspecified atom stereocenters. The number of rotatable bonds is 3. The summed E-state index contributed by atoms with van der Waals surface area (Å²) in [5.41, 5.74) is 6.40. The Morgan fingerprint density at radius 2 is 2.14 bits per heavy atom. The molecule has 2 aromatic rings. The molecule has 0 radical (unpaired) electrons. The molecule has 110 valence electrons. The van der Waals surface area contributed by atoms with Crippen LogP contribution in [0.3, 0.4) is 0 Å². The molecule has 2 rings (SSSR count). The summed E-state index contributed by atoms with van der Waals surface area (Å²) >= 11 is 3.12. The lowest BCUT2D eigenvalue weighted by molar-refractivity contribution is 0.0944. The number of carbonyl (C=O) groups is 1. The molecule has 5 heteroatoms. The van der Waals surface area contributed by atoms with Crippen molar-refractivity contribution in [2.45, 2.75) is 26.8 Å². The van der Waals surface area contributed by atoms with Gasteiger partial charge in [-0.15, -0.1) is 22.7 Å². The summed E-state index contributed by atoms with van der Waals surface area (Å²) in [6, 6.07) is 6.02. The summed E-state index contributed by atoms with van der Waals surface area (Å²) in [5.74, 6) is 5.77. The molecule has 0 aliphatic heterocycles. The highest BCUT2D eigenvalue weighted by molar-refractivity contribution is 7.14. The van der Waals surface area contributed by atoms with E-state index in [0.29, 0.717) is 11.4 Å². The highest BCUT2D eigenvalue weighted by Crippen LogP contribution is 2.25. The highest BCUT2D eigenvalue weighted by atomic mass is 32.1. The van der Waals surface area contributed by atoms with Gasteiger partial charge in [-0.1, -0.05) is 11.8 Å². The number of nitrogens with two attached hydrogens (primary N) is 1. The number of thiophene rings is 2. The van der Waals surface area contributed by atoms with Crippen molar-refractivity contribution in [3.8, 4) is 11.8 Å². The molecule has 3 N–H and O–H groups in total. The number of nitrogens with one attached hydrogen (secondary N) is 1. The summed E-state index contributed by atoms with van der Waals surface area (Å²) in [7, 11) is 0. The van der Waals surface area contributed by atoms with Crippen molar-refractivity contribution >= 4 is 28.6 Å². The zero-order valence-corrected chi connectivity index (χ0v) is 14.0. The van der Waals surface area contributed by atoms with Crippen LogP contribution in [0.5, 0.6) is 0 Å². The molecular formula is C16H18N2OS2. The van der Waals surface area contributed by atoms with Gasteiger partial charge in [0.15, 0.2) is 0 Å². The van der Waals surface area contributed by atoms with E-state index in [2.05, 4.69) is 36.2 Å². The van der Waals surface area contributed by atoms with Gasteiger partial charge in [0.05, 0.1) is 22.3 Å². The van der Waals surface area contributed by atoms with Crippen LogP contribution in [0.15, 0.2) is 18.2 Å². The van der Waals surface area contributed by atoms with Gasteiger partial charge >= 0.3 is 0 Å². The predicted octanol–water partition coefficient (Wildman–Crippen LogP) is 3.23. The second kappa shape index (κ2) is 6.90. The van der Waals surface area contributed by atoms with Crippen molar-refractivity contribution in [2.24, 2.45) is 5.73 Å². The molecule has 21 heavy (non-hydrogen) atoms. The lowest BCUT2D eigenvalue weighted by Crippen LogP contribution is -2.25. The van der Waals surface area contributed by atoms with Crippen molar-refractivity contribution in [3.63, 3.8) is 0 Å². The second-order valence-corrected chi connectivity index (χ2v) is 7.14. The normalized spacial score (nSPS) is 11.6. The highest BCUT2D eigenvalue weighted by Gasteiger charge is 2.15. The smallest absolute Gasteiger partial charge is 0.261 e. The number of hydrogen-bond donors (Lipinski definition) is 2. The molecule has 0 aliphatic rings. The van der Waals surface area contributed by atoms with E-state index in [1.54, 1.807) is 11.3 Å². The molecule has 0 aromatic carbocycles. The Kier molecular flexibility index (Phi) is 5.18. The van der Waals surface area contributed by atoms with E-state index in [1.807, 2.05) is 19.9 Å². The third kappa shape index (κ3) is 3.94. The van der Waals surface area contributed by atoms with Gasteiger partial charge in [-0.3, -0.25) is 4.79 Å². The Balaban J connectivity index is 2.10. The van der Waals surface area contributed by atoms with E-state index in [0.717, 1.165) is 15.3 Å². The van der Waals surface area contributed by atoms with Crippen LogP contribution in [-0.4, -0.2) is 12.5 Å². The van der Waals surface area contributed by atoms with Crippen molar-refractivity contribution in [1.29, 1.82) is 0 Å². The maximum Gasteiger partial charge on any atom is 0.261 e. The molecule has 0 spiro atoms. The van der Waals surface area contributed by atoms with E-state index in [4.69, 9.17) is 5.73 Å². The average Bonchev–Trinajstić information content (AvgIpc) is 3.03. The second-order valence-electron chi connectivity index (χ2n) is 4.77. The minimum atomic E-state index is -0.0533. The van der Waals surface area contributed by atoms with Crippen LogP contribution in [0, 0.1) is 25.7 Å². The molecule has 0 bridgehead atoms. The Labute approximate surface area is 133 Å². The molecule has 1 atom stereocenters.